The van der Waals surface area contributed by atoms with Crippen molar-refractivity contribution in [1.29, 1.82) is 0 Å². The first-order valence-corrected chi connectivity index (χ1v) is 10.3. The molecule has 1 aromatic heterocycles. The Kier molecular flexibility index (Phi) is 7.55. The number of hydrogen-bond acceptors (Lipinski definition) is 6. The highest BCUT2D eigenvalue weighted by Gasteiger charge is 2.39. The van der Waals surface area contributed by atoms with Crippen LogP contribution in [0.1, 0.15) is 43.1 Å². The van der Waals surface area contributed by atoms with Gasteiger partial charge in [-0.1, -0.05) is 35.3 Å². The smallest absolute Gasteiger partial charge is 0.425 e. The summed E-state index contributed by atoms with van der Waals surface area (Å²) >= 11 is 5.91. The van der Waals surface area contributed by atoms with Crippen LogP contribution in [0.5, 0.6) is 5.88 Å². The minimum absolute atomic E-state index is 0.000145. The molecule has 7 nitrogen and oxygen atoms in total. The van der Waals surface area contributed by atoms with Crippen molar-refractivity contribution in [3.05, 3.63) is 41.2 Å². The molecule has 0 saturated heterocycles. The number of alkyl halides is 3. The predicted molar refractivity (Wildman–Crippen MR) is 113 cm³/mol. The fraction of sp³-hybridized carbons (Fsp3) is 0.429. The minimum atomic E-state index is -4.59. The van der Waals surface area contributed by atoms with Crippen LogP contribution in [0.3, 0.4) is 0 Å². The first-order valence-electron chi connectivity index (χ1n) is 9.96. The van der Waals surface area contributed by atoms with Crippen LogP contribution in [0.25, 0.3) is 11.3 Å². The third-order valence-corrected chi connectivity index (χ3v) is 5.18. The number of ether oxygens (including phenoxy) is 1. The van der Waals surface area contributed by atoms with E-state index in [1.807, 2.05) is 0 Å². The predicted octanol–water partition coefficient (Wildman–Crippen LogP) is 4.80. The van der Waals surface area contributed by atoms with Gasteiger partial charge in [-0.3, -0.25) is 4.79 Å². The molecule has 0 spiro atoms. The Morgan fingerprint density at radius 3 is 2.66 bits per heavy atom. The number of oxime groups is 1. The highest BCUT2D eigenvalue weighted by molar-refractivity contribution is 6.30. The highest BCUT2D eigenvalue weighted by atomic mass is 35.5. The number of aromatic nitrogens is 2. The summed E-state index contributed by atoms with van der Waals surface area (Å²) in [6, 6.07) is 5.90. The Morgan fingerprint density at radius 1 is 1.28 bits per heavy atom. The van der Waals surface area contributed by atoms with Crippen LogP contribution in [0.4, 0.5) is 13.2 Å². The molecule has 0 radical (unpaired) electrons. The van der Waals surface area contributed by atoms with Gasteiger partial charge in [-0.25, -0.2) is 9.97 Å². The molecule has 0 aliphatic heterocycles. The van der Waals surface area contributed by atoms with Gasteiger partial charge in [0.1, 0.15) is 18.5 Å². The van der Waals surface area contributed by atoms with Crippen LogP contribution in [0.2, 0.25) is 5.02 Å². The van der Waals surface area contributed by atoms with Crippen molar-refractivity contribution in [1.82, 2.24) is 15.3 Å². The zero-order valence-electron chi connectivity index (χ0n) is 17.4. The SMILES string of the molecule is CON=C1CCCC[C@@H]1NC(=O)c1cnc(O[C@@H](C)C(F)(F)F)c(-c2ccc(Cl)cc2)n1. The molecule has 1 aliphatic carbocycles. The topological polar surface area (TPSA) is 85.7 Å². The molecule has 0 unspecified atom stereocenters. The van der Waals surface area contributed by atoms with Crippen LogP contribution in [0.15, 0.2) is 35.6 Å². The Balaban J connectivity index is 1.91. The van der Waals surface area contributed by atoms with E-state index in [0.717, 1.165) is 31.7 Å². The van der Waals surface area contributed by atoms with Crippen molar-refractivity contribution >= 4 is 23.2 Å². The van der Waals surface area contributed by atoms with Crippen molar-refractivity contribution < 1.29 is 27.5 Å². The Labute approximate surface area is 188 Å². The van der Waals surface area contributed by atoms with Crippen LogP contribution in [0, 0.1) is 0 Å². The maximum Gasteiger partial charge on any atom is 0.425 e. The molecule has 1 heterocycles. The largest absolute Gasteiger partial charge is 0.463 e. The second kappa shape index (κ2) is 10.2. The van der Waals surface area contributed by atoms with E-state index in [1.165, 1.54) is 7.11 Å². The van der Waals surface area contributed by atoms with E-state index in [2.05, 4.69) is 20.4 Å². The van der Waals surface area contributed by atoms with Gasteiger partial charge in [0.05, 0.1) is 18.0 Å². The van der Waals surface area contributed by atoms with Gasteiger partial charge in [0.15, 0.2) is 6.10 Å². The molecule has 0 bridgehead atoms. The summed E-state index contributed by atoms with van der Waals surface area (Å²) in [5, 5.41) is 7.26. The van der Waals surface area contributed by atoms with Gasteiger partial charge in [0.2, 0.25) is 5.88 Å². The van der Waals surface area contributed by atoms with Gasteiger partial charge < -0.3 is 14.9 Å². The average molecular weight is 471 g/mol. The number of amides is 1. The number of rotatable bonds is 6. The fourth-order valence-electron chi connectivity index (χ4n) is 3.21. The normalized spacial score (nSPS) is 18.8. The van der Waals surface area contributed by atoms with E-state index in [-0.39, 0.29) is 23.3 Å². The molecule has 1 aromatic carbocycles. The molecule has 1 saturated carbocycles. The van der Waals surface area contributed by atoms with Gasteiger partial charge in [-0.05, 0) is 38.3 Å². The Bertz CT molecular complexity index is 983. The maximum absolute atomic E-state index is 13.0. The van der Waals surface area contributed by atoms with E-state index < -0.39 is 18.2 Å². The number of halogens is 4. The lowest BCUT2D eigenvalue weighted by Crippen LogP contribution is -2.43. The maximum atomic E-state index is 13.0. The molecule has 11 heteroatoms. The zero-order valence-corrected chi connectivity index (χ0v) is 18.2. The molecular weight excluding hydrogens is 449 g/mol. The molecular formula is C21H22ClF3N4O3. The summed E-state index contributed by atoms with van der Waals surface area (Å²) < 4.78 is 44.1. The molecule has 1 aliphatic rings. The molecule has 172 valence electrons. The van der Waals surface area contributed by atoms with Crippen LogP contribution in [-0.2, 0) is 4.84 Å². The molecule has 1 amide bonds. The standard InChI is InChI=1S/C21H22ClF3N4O3/c1-12(21(23,24)25)32-20-18(13-7-9-14(22)10-8-13)27-17(11-26-20)19(30)28-15-5-3-4-6-16(15)29-31-2/h7-12,15H,3-6H2,1-2H3,(H,28,30)/t12-,15-/m0/s1. The van der Waals surface area contributed by atoms with Crippen molar-refractivity contribution in [2.45, 2.75) is 50.9 Å². The molecule has 2 aromatic rings. The number of nitrogens with zero attached hydrogens (tertiary/aromatic N) is 3. The Hall–Kier alpha value is -2.88. The first kappa shape index (κ1) is 23.8. The number of carbonyl (C=O) groups is 1. The van der Waals surface area contributed by atoms with Gasteiger partial charge >= 0.3 is 6.18 Å². The lowest BCUT2D eigenvalue weighted by atomic mass is 9.93. The lowest BCUT2D eigenvalue weighted by Gasteiger charge is -2.24. The van der Waals surface area contributed by atoms with Crippen molar-refractivity contribution in [3.8, 4) is 17.1 Å². The average Bonchev–Trinajstić information content (AvgIpc) is 2.75. The minimum Gasteiger partial charge on any atom is -0.463 e. The molecule has 1 N–H and O–H groups in total. The monoisotopic (exact) mass is 470 g/mol. The molecule has 3 rings (SSSR count). The van der Waals surface area contributed by atoms with Gasteiger partial charge in [-0.2, -0.15) is 13.2 Å². The van der Waals surface area contributed by atoms with Gasteiger partial charge in [0, 0.05) is 10.6 Å². The Morgan fingerprint density at radius 2 is 2.00 bits per heavy atom. The van der Waals surface area contributed by atoms with Crippen LogP contribution >= 0.6 is 11.6 Å². The number of carbonyl (C=O) groups excluding carboxylic acids is 1. The van der Waals surface area contributed by atoms with E-state index in [4.69, 9.17) is 21.2 Å². The van der Waals surface area contributed by atoms with Crippen molar-refractivity contribution in [2.75, 3.05) is 7.11 Å². The molecule has 1 fully saturated rings. The fourth-order valence-corrected chi connectivity index (χ4v) is 3.34. The second-order valence-corrected chi connectivity index (χ2v) is 7.69. The van der Waals surface area contributed by atoms with E-state index in [0.29, 0.717) is 23.4 Å². The lowest BCUT2D eigenvalue weighted by molar-refractivity contribution is -0.189. The molecule has 2 atom stereocenters. The van der Waals surface area contributed by atoms with Crippen molar-refractivity contribution in [2.24, 2.45) is 5.16 Å². The highest BCUT2D eigenvalue weighted by Crippen LogP contribution is 2.31. The van der Waals surface area contributed by atoms with Crippen molar-refractivity contribution in [3.63, 3.8) is 0 Å². The summed E-state index contributed by atoms with van der Waals surface area (Å²) in [4.78, 5) is 25.9. The summed E-state index contributed by atoms with van der Waals surface area (Å²) in [5.41, 5.74) is 1.06. The second-order valence-electron chi connectivity index (χ2n) is 7.25. The third-order valence-electron chi connectivity index (χ3n) is 4.93. The number of hydrogen-bond donors (Lipinski definition) is 1. The number of nitrogens with one attached hydrogen (secondary N) is 1. The summed E-state index contributed by atoms with van der Waals surface area (Å²) in [6.07, 6.45) is -2.37. The van der Waals surface area contributed by atoms with Gasteiger partial charge in [0.25, 0.3) is 5.91 Å². The van der Waals surface area contributed by atoms with Crippen LogP contribution in [-0.4, -0.2) is 47.0 Å². The summed E-state index contributed by atoms with van der Waals surface area (Å²) in [7, 11) is 1.44. The number of benzene rings is 1. The first-order chi connectivity index (χ1) is 15.2. The summed E-state index contributed by atoms with van der Waals surface area (Å²) in [5.74, 6) is -0.869. The zero-order chi connectivity index (χ0) is 23.3. The van der Waals surface area contributed by atoms with E-state index in [1.54, 1.807) is 24.3 Å². The van der Waals surface area contributed by atoms with Gasteiger partial charge in [-0.15, -0.1) is 0 Å². The summed E-state index contributed by atoms with van der Waals surface area (Å²) in [6.45, 7) is 0.869. The quantitative estimate of drug-likeness (QED) is 0.613. The molecule has 32 heavy (non-hydrogen) atoms. The van der Waals surface area contributed by atoms with E-state index in [9.17, 15) is 18.0 Å². The van der Waals surface area contributed by atoms with Crippen LogP contribution < -0.4 is 10.1 Å². The third kappa shape index (κ3) is 5.87. The van der Waals surface area contributed by atoms with E-state index >= 15 is 0 Å².